The predicted octanol–water partition coefficient (Wildman–Crippen LogP) is 3.20. The Morgan fingerprint density at radius 2 is 1.62 bits per heavy atom. The first-order valence-electron chi connectivity index (χ1n) is 6.81. The van der Waals surface area contributed by atoms with Crippen LogP contribution in [0, 0.1) is 0 Å². The van der Waals surface area contributed by atoms with Crippen LogP contribution in [0.4, 0.5) is 23.7 Å². The van der Waals surface area contributed by atoms with Crippen molar-refractivity contribution < 1.29 is 22.8 Å². The zero-order chi connectivity index (χ0) is 17.3. The first-order chi connectivity index (χ1) is 11.4. The normalized spacial score (nSPS) is 16.6. The van der Waals surface area contributed by atoms with Gasteiger partial charge in [-0.25, -0.2) is 9.69 Å². The van der Waals surface area contributed by atoms with Crippen molar-refractivity contribution in [3.05, 3.63) is 65.6 Å². The molecule has 1 fully saturated rings. The summed E-state index contributed by atoms with van der Waals surface area (Å²) in [7, 11) is 0. The molecule has 3 rings (SSSR count). The van der Waals surface area contributed by atoms with Crippen molar-refractivity contribution in [1.29, 1.82) is 0 Å². The topological polar surface area (TPSA) is 62.3 Å². The van der Waals surface area contributed by atoms with Crippen molar-refractivity contribution in [2.45, 2.75) is 6.18 Å². The lowest BCUT2D eigenvalue weighted by molar-refractivity contribution is -0.137. The Balaban J connectivity index is 1.88. The SMILES string of the molecule is O=C1N/C(=C\c2ccncc2)C(=O)N1c1ccc(C(F)(F)F)cc1. The highest BCUT2D eigenvalue weighted by atomic mass is 19.4. The molecule has 0 radical (unpaired) electrons. The van der Waals surface area contributed by atoms with E-state index < -0.39 is 23.7 Å². The van der Waals surface area contributed by atoms with E-state index in [1.54, 1.807) is 12.1 Å². The molecule has 2 aromatic rings. The summed E-state index contributed by atoms with van der Waals surface area (Å²) in [5.41, 5.74) is -0.108. The predicted molar refractivity (Wildman–Crippen MR) is 79.7 cm³/mol. The van der Waals surface area contributed by atoms with Crippen LogP contribution in [0.5, 0.6) is 0 Å². The van der Waals surface area contributed by atoms with Gasteiger partial charge in [-0.3, -0.25) is 9.78 Å². The fourth-order valence-corrected chi connectivity index (χ4v) is 2.20. The molecule has 1 aliphatic rings. The number of carbonyl (C=O) groups is 2. The lowest BCUT2D eigenvalue weighted by Crippen LogP contribution is -2.30. The first-order valence-corrected chi connectivity index (χ1v) is 6.81. The fraction of sp³-hybridized carbons (Fsp3) is 0.0625. The van der Waals surface area contributed by atoms with E-state index in [-0.39, 0.29) is 11.4 Å². The lowest BCUT2D eigenvalue weighted by atomic mass is 10.2. The van der Waals surface area contributed by atoms with Crippen molar-refractivity contribution in [2.75, 3.05) is 4.90 Å². The maximum atomic E-state index is 12.6. The Kier molecular flexibility index (Phi) is 3.80. The average Bonchev–Trinajstić information content (AvgIpc) is 2.82. The number of rotatable bonds is 2. The van der Waals surface area contributed by atoms with E-state index in [1.807, 2.05) is 0 Å². The number of halogens is 3. The first kappa shape index (κ1) is 15.7. The van der Waals surface area contributed by atoms with Crippen LogP contribution in [0.2, 0.25) is 0 Å². The summed E-state index contributed by atoms with van der Waals surface area (Å²) in [5, 5.41) is 2.40. The number of benzene rings is 1. The van der Waals surface area contributed by atoms with Gasteiger partial charge in [0.2, 0.25) is 0 Å². The van der Waals surface area contributed by atoms with Crippen molar-refractivity contribution in [3.8, 4) is 0 Å². The standard InChI is InChI=1S/C16H10F3N3O2/c17-16(18,19)11-1-3-12(4-2-11)22-14(23)13(21-15(22)24)9-10-5-7-20-8-6-10/h1-9H,(H,21,24)/b13-9-. The van der Waals surface area contributed by atoms with Gasteiger partial charge < -0.3 is 5.32 Å². The molecule has 1 N–H and O–H groups in total. The van der Waals surface area contributed by atoms with Crippen LogP contribution < -0.4 is 10.2 Å². The van der Waals surface area contributed by atoms with E-state index in [4.69, 9.17) is 0 Å². The van der Waals surface area contributed by atoms with Crippen molar-refractivity contribution in [3.63, 3.8) is 0 Å². The van der Waals surface area contributed by atoms with E-state index in [2.05, 4.69) is 10.3 Å². The minimum atomic E-state index is -4.48. The van der Waals surface area contributed by atoms with E-state index in [0.717, 1.165) is 29.2 Å². The number of pyridine rings is 1. The Morgan fingerprint density at radius 3 is 2.21 bits per heavy atom. The number of amides is 3. The third-order valence-electron chi connectivity index (χ3n) is 3.35. The molecule has 0 saturated carbocycles. The van der Waals surface area contributed by atoms with Crippen LogP contribution >= 0.6 is 0 Å². The molecule has 5 nitrogen and oxygen atoms in total. The molecule has 122 valence electrons. The van der Waals surface area contributed by atoms with Crippen LogP contribution in [-0.2, 0) is 11.0 Å². The second kappa shape index (κ2) is 5.80. The number of nitrogens with one attached hydrogen (secondary N) is 1. The maximum Gasteiger partial charge on any atom is 0.416 e. The largest absolute Gasteiger partial charge is 0.416 e. The molecule has 1 aromatic heterocycles. The second-order valence-electron chi connectivity index (χ2n) is 4.95. The summed E-state index contributed by atoms with van der Waals surface area (Å²) in [4.78, 5) is 29.0. The van der Waals surface area contributed by atoms with Crippen LogP contribution in [-0.4, -0.2) is 16.9 Å². The van der Waals surface area contributed by atoms with Gasteiger partial charge in [0.15, 0.2) is 0 Å². The van der Waals surface area contributed by atoms with E-state index in [9.17, 15) is 22.8 Å². The van der Waals surface area contributed by atoms with E-state index in [0.29, 0.717) is 5.56 Å². The number of urea groups is 1. The van der Waals surface area contributed by atoms with Gasteiger partial charge in [-0.15, -0.1) is 0 Å². The van der Waals surface area contributed by atoms with Crippen LogP contribution in [0.15, 0.2) is 54.5 Å². The molecule has 1 aliphatic heterocycles. The molecule has 3 amide bonds. The molecular formula is C16H10F3N3O2. The minimum absolute atomic E-state index is 0.0334. The monoisotopic (exact) mass is 333 g/mol. The second-order valence-corrected chi connectivity index (χ2v) is 4.95. The van der Waals surface area contributed by atoms with Gasteiger partial charge in [0.05, 0.1) is 11.3 Å². The third kappa shape index (κ3) is 2.98. The number of anilines is 1. The Hall–Kier alpha value is -3.16. The van der Waals surface area contributed by atoms with Crippen molar-refractivity contribution in [1.82, 2.24) is 10.3 Å². The molecule has 1 aromatic carbocycles. The van der Waals surface area contributed by atoms with Gasteiger partial charge in [0, 0.05) is 12.4 Å². The van der Waals surface area contributed by atoms with Gasteiger partial charge in [0.1, 0.15) is 5.70 Å². The molecule has 0 unspecified atom stereocenters. The molecule has 0 atom stereocenters. The number of nitrogens with zero attached hydrogens (tertiary/aromatic N) is 2. The Bertz CT molecular complexity index is 815. The fourth-order valence-electron chi connectivity index (χ4n) is 2.20. The summed E-state index contributed by atoms with van der Waals surface area (Å²) in [6.07, 6.45) is 0.0384. The van der Waals surface area contributed by atoms with Gasteiger partial charge >= 0.3 is 12.2 Å². The molecule has 0 spiro atoms. The van der Waals surface area contributed by atoms with Crippen LogP contribution in [0.3, 0.4) is 0 Å². The third-order valence-corrected chi connectivity index (χ3v) is 3.35. The maximum absolute atomic E-state index is 12.6. The molecule has 8 heteroatoms. The summed E-state index contributed by atoms with van der Waals surface area (Å²) in [6.45, 7) is 0. The molecule has 2 heterocycles. The van der Waals surface area contributed by atoms with Crippen molar-refractivity contribution >= 4 is 23.7 Å². The zero-order valence-corrected chi connectivity index (χ0v) is 12.0. The molecule has 1 saturated heterocycles. The molecule has 24 heavy (non-hydrogen) atoms. The quantitative estimate of drug-likeness (QED) is 0.678. The van der Waals surface area contributed by atoms with Gasteiger partial charge in [-0.05, 0) is 48.0 Å². The van der Waals surface area contributed by atoms with Gasteiger partial charge in [-0.1, -0.05) is 0 Å². The van der Waals surface area contributed by atoms with Crippen LogP contribution in [0.25, 0.3) is 6.08 Å². The summed E-state index contributed by atoms with van der Waals surface area (Å²) < 4.78 is 37.7. The highest BCUT2D eigenvalue weighted by Gasteiger charge is 2.36. The highest BCUT2D eigenvalue weighted by Crippen LogP contribution is 2.31. The van der Waals surface area contributed by atoms with Crippen LogP contribution in [0.1, 0.15) is 11.1 Å². The lowest BCUT2D eigenvalue weighted by Gasteiger charge is -2.13. The minimum Gasteiger partial charge on any atom is -0.302 e. The summed E-state index contributed by atoms with van der Waals surface area (Å²) in [5.74, 6) is -0.642. The molecule has 0 aliphatic carbocycles. The van der Waals surface area contributed by atoms with E-state index in [1.165, 1.54) is 18.5 Å². The highest BCUT2D eigenvalue weighted by molar-refractivity contribution is 6.28. The van der Waals surface area contributed by atoms with E-state index >= 15 is 0 Å². The number of hydrogen-bond donors (Lipinski definition) is 1. The zero-order valence-electron chi connectivity index (χ0n) is 12.0. The number of alkyl halides is 3. The number of carbonyl (C=O) groups excluding carboxylic acids is 2. The Labute approximate surface area is 134 Å². The summed E-state index contributed by atoms with van der Waals surface area (Å²) >= 11 is 0. The molecule has 0 bridgehead atoms. The number of hydrogen-bond acceptors (Lipinski definition) is 3. The Morgan fingerprint density at radius 1 is 1.00 bits per heavy atom. The summed E-state index contributed by atoms with van der Waals surface area (Å²) in [6, 6.07) is 6.37. The molecular weight excluding hydrogens is 323 g/mol. The van der Waals surface area contributed by atoms with Crippen molar-refractivity contribution in [2.24, 2.45) is 0 Å². The van der Waals surface area contributed by atoms with Gasteiger partial charge in [-0.2, -0.15) is 13.2 Å². The number of aromatic nitrogens is 1. The average molecular weight is 333 g/mol. The smallest absolute Gasteiger partial charge is 0.302 e. The van der Waals surface area contributed by atoms with Gasteiger partial charge in [0.25, 0.3) is 5.91 Å². The number of imide groups is 1.